The third-order valence-electron chi connectivity index (χ3n) is 3.76. The highest BCUT2D eigenvalue weighted by Crippen LogP contribution is 2.10. The average molecular weight is 342 g/mol. The van der Waals surface area contributed by atoms with Gasteiger partial charge < -0.3 is 15.5 Å². The van der Waals surface area contributed by atoms with Gasteiger partial charge >= 0.3 is 0 Å². The summed E-state index contributed by atoms with van der Waals surface area (Å²) < 4.78 is 0. The predicted molar refractivity (Wildman–Crippen MR) is 94.5 cm³/mol. The Morgan fingerprint density at radius 2 is 1.81 bits per heavy atom. The lowest BCUT2D eigenvalue weighted by molar-refractivity contribution is -0.132. The molecule has 1 atom stereocenters. The van der Waals surface area contributed by atoms with Gasteiger partial charge in [-0.15, -0.1) is 24.8 Å². The van der Waals surface area contributed by atoms with Crippen LogP contribution in [-0.4, -0.2) is 54.5 Å². The quantitative estimate of drug-likeness (QED) is 0.738. The van der Waals surface area contributed by atoms with Crippen LogP contribution in [0.3, 0.4) is 0 Å². The molecule has 1 rings (SSSR count). The van der Waals surface area contributed by atoms with E-state index in [-0.39, 0.29) is 30.9 Å². The molecule has 0 aromatic carbocycles. The number of likely N-dealkylation sites (tertiary alicyclic amines) is 1. The molecule has 4 nitrogen and oxygen atoms in total. The van der Waals surface area contributed by atoms with Crippen LogP contribution in [0.15, 0.2) is 0 Å². The minimum absolute atomic E-state index is 0. The second kappa shape index (κ2) is 13.6. The number of hydrogen-bond acceptors (Lipinski definition) is 3. The Balaban J connectivity index is 0. The highest BCUT2D eigenvalue weighted by Gasteiger charge is 2.20. The lowest BCUT2D eigenvalue weighted by atomic mass is 10.1. The van der Waals surface area contributed by atoms with E-state index in [2.05, 4.69) is 18.7 Å². The summed E-state index contributed by atoms with van der Waals surface area (Å²) in [5.74, 6) is 0.295. The van der Waals surface area contributed by atoms with E-state index in [1.807, 2.05) is 4.90 Å². The summed E-state index contributed by atoms with van der Waals surface area (Å²) in [7, 11) is 0. The molecule has 0 radical (unpaired) electrons. The van der Waals surface area contributed by atoms with E-state index in [1.165, 1.54) is 12.8 Å². The van der Waals surface area contributed by atoms with E-state index < -0.39 is 0 Å². The lowest BCUT2D eigenvalue weighted by Gasteiger charge is -2.31. The number of hydrogen-bond donors (Lipinski definition) is 1. The lowest BCUT2D eigenvalue weighted by Crippen LogP contribution is -2.45. The number of carbonyl (C=O) groups is 1. The van der Waals surface area contributed by atoms with Crippen molar-refractivity contribution < 1.29 is 4.79 Å². The molecule has 128 valence electrons. The van der Waals surface area contributed by atoms with Crippen molar-refractivity contribution >= 4 is 30.7 Å². The number of halogens is 2. The molecule has 1 unspecified atom stereocenters. The minimum atomic E-state index is 0. The first-order chi connectivity index (χ1) is 9.17. The van der Waals surface area contributed by atoms with E-state index >= 15 is 0 Å². The van der Waals surface area contributed by atoms with Crippen LogP contribution in [0.2, 0.25) is 0 Å². The van der Waals surface area contributed by atoms with Crippen LogP contribution in [0, 0.1) is 0 Å². The third-order valence-corrected chi connectivity index (χ3v) is 3.76. The highest BCUT2D eigenvalue weighted by molar-refractivity contribution is 5.85. The van der Waals surface area contributed by atoms with Gasteiger partial charge in [-0.05, 0) is 51.7 Å². The Morgan fingerprint density at radius 1 is 1.19 bits per heavy atom. The van der Waals surface area contributed by atoms with E-state index in [9.17, 15) is 4.79 Å². The molecule has 1 aliphatic rings. The SMILES string of the molecule is CCCN(CCC)CCCC(=O)N1CCCC(N)C1.Cl.Cl. The molecule has 21 heavy (non-hydrogen) atoms. The minimum Gasteiger partial charge on any atom is -0.341 e. The standard InChI is InChI=1S/C15H31N3O.2ClH/c1-3-9-17(10-4-2)11-6-8-15(19)18-12-5-7-14(16)13-18;;/h14H,3-13,16H2,1-2H3;2*1H. The molecule has 1 heterocycles. The number of carbonyl (C=O) groups excluding carboxylic acids is 1. The van der Waals surface area contributed by atoms with Gasteiger partial charge in [-0.1, -0.05) is 13.8 Å². The molecule has 0 spiro atoms. The molecular formula is C15H33Cl2N3O. The van der Waals surface area contributed by atoms with Crippen molar-refractivity contribution in [3.8, 4) is 0 Å². The molecule has 2 N–H and O–H groups in total. The van der Waals surface area contributed by atoms with Gasteiger partial charge in [0.1, 0.15) is 0 Å². The molecule has 1 amide bonds. The largest absolute Gasteiger partial charge is 0.341 e. The van der Waals surface area contributed by atoms with Crippen LogP contribution in [0.1, 0.15) is 52.4 Å². The zero-order valence-electron chi connectivity index (χ0n) is 13.6. The zero-order valence-corrected chi connectivity index (χ0v) is 15.2. The van der Waals surface area contributed by atoms with Gasteiger partial charge in [0.25, 0.3) is 0 Å². The van der Waals surface area contributed by atoms with Crippen LogP contribution in [0.5, 0.6) is 0 Å². The maximum Gasteiger partial charge on any atom is 0.222 e. The van der Waals surface area contributed by atoms with Crippen LogP contribution in [0.25, 0.3) is 0 Å². The normalized spacial score (nSPS) is 18.1. The maximum absolute atomic E-state index is 12.1. The van der Waals surface area contributed by atoms with Gasteiger partial charge in [0.15, 0.2) is 0 Å². The number of piperidine rings is 1. The Morgan fingerprint density at radius 3 is 2.33 bits per heavy atom. The fourth-order valence-electron chi connectivity index (χ4n) is 2.82. The van der Waals surface area contributed by atoms with Gasteiger partial charge in [0.05, 0.1) is 0 Å². The number of amides is 1. The summed E-state index contributed by atoms with van der Waals surface area (Å²) in [6, 6.07) is 0.189. The smallest absolute Gasteiger partial charge is 0.222 e. The summed E-state index contributed by atoms with van der Waals surface area (Å²) in [5, 5.41) is 0. The topological polar surface area (TPSA) is 49.6 Å². The van der Waals surface area contributed by atoms with Crippen molar-refractivity contribution in [1.29, 1.82) is 0 Å². The molecular weight excluding hydrogens is 309 g/mol. The van der Waals surface area contributed by atoms with Crippen LogP contribution in [0.4, 0.5) is 0 Å². The summed E-state index contributed by atoms with van der Waals surface area (Å²) in [4.78, 5) is 16.5. The van der Waals surface area contributed by atoms with Crippen molar-refractivity contribution in [3.63, 3.8) is 0 Å². The summed E-state index contributed by atoms with van der Waals surface area (Å²) in [6.07, 6.45) is 6.15. The maximum atomic E-state index is 12.1. The van der Waals surface area contributed by atoms with Gasteiger partial charge in [0, 0.05) is 25.6 Å². The Bertz CT molecular complexity index is 261. The highest BCUT2D eigenvalue weighted by atomic mass is 35.5. The summed E-state index contributed by atoms with van der Waals surface area (Å²) >= 11 is 0. The molecule has 0 aromatic rings. The summed E-state index contributed by atoms with van der Waals surface area (Å²) in [5.41, 5.74) is 5.92. The predicted octanol–water partition coefficient (Wildman–Crippen LogP) is 2.68. The van der Waals surface area contributed by atoms with Gasteiger partial charge in [0.2, 0.25) is 5.91 Å². The summed E-state index contributed by atoms with van der Waals surface area (Å²) in [6.45, 7) is 9.43. The van der Waals surface area contributed by atoms with Crippen molar-refractivity contribution in [2.75, 3.05) is 32.7 Å². The Labute approximate surface area is 142 Å². The van der Waals surface area contributed by atoms with E-state index in [1.54, 1.807) is 0 Å². The monoisotopic (exact) mass is 341 g/mol. The second-order valence-electron chi connectivity index (χ2n) is 5.69. The van der Waals surface area contributed by atoms with Crippen molar-refractivity contribution in [1.82, 2.24) is 9.80 Å². The van der Waals surface area contributed by atoms with Crippen molar-refractivity contribution in [2.45, 2.75) is 58.4 Å². The van der Waals surface area contributed by atoms with Gasteiger partial charge in [-0.3, -0.25) is 4.79 Å². The molecule has 1 fully saturated rings. The molecule has 1 saturated heterocycles. The first kappa shape index (κ1) is 23.2. The van der Waals surface area contributed by atoms with Crippen LogP contribution >= 0.6 is 24.8 Å². The first-order valence-electron chi connectivity index (χ1n) is 7.93. The van der Waals surface area contributed by atoms with Crippen molar-refractivity contribution in [3.05, 3.63) is 0 Å². The van der Waals surface area contributed by atoms with Crippen LogP contribution < -0.4 is 5.73 Å². The number of nitrogens with two attached hydrogens (primary N) is 1. The molecule has 0 aromatic heterocycles. The fourth-order valence-corrected chi connectivity index (χ4v) is 2.82. The zero-order chi connectivity index (χ0) is 14.1. The van der Waals surface area contributed by atoms with E-state index in [4.69, 9.17) is 5.73 Å². The Kier molecular flexibility index (Phi) is 15.1. The third kappa shape index (κ3) is 9.56. The van der Waals surface area contributed by atoms with Gasteiger partial charge in [-0.2, -0.15) is 0 Å². The fraction of sp³-hybridized carbons (Fsp3) is 0.933. The molecule has 0 saturated carbocycles. The number of nitrogens with zero attached hydrogens (tertiary/aromatic N) is 2. The van der Waals surface area contributed by atoms with E-state index in [0.717, 1.165) is 52.0 Å². The average Bonchev–Trinajstić information content (AvgIpc) is 2.39. The van der Waals surface area contributed by atoms with E-state index in [0.29, 0.717) is 12.3 Å². The number of rotatable bonds is 8. The van der Waals surface area contributed by atoms with Crippen molar-refractivity contribution in [2.24, 2.45) is 5.73 Å². The Hall–Kier alpha value is -0.0300. The second-order valence-corrected chi connectivity index (χ2v) is 5.69. The first-order valence-corrected chi connectivity index (χ1v) is 7.93. The van der Waals surface area contributed by atoms with Crippen LogP contribution in [-0.2, 0) is 4.79 Å². The molecule has 0 bridgehead atoms. The molecule has 6 heteroatoms. The van der Waals surface area contributed by atoms with Gasteiger partial charge in [-0.25, -0.2) is 0 Å². The molecule has 0 aliphatic carbocycles. The molecule has 1 aliphatic heterocycles.